The Hall–Kier alpha value is -3.73. The number of halogens is 1. The number of anilines is 2. The predicted octanol–water partition coefficient (Wildman–Crippen LogP) is 4.78. The lowest BCUT2D eigenvalue weighted by atomic mass is 10.0. The third-order valence-electron chi connectivity index (χ3n) is 4.86. The zero-order valence-electron chi connectivity index (χ0n) is 15.9. The maximum Gasteiger partial charge on any atom is 0.282 e. The minimum absolute atomic E-state index is 0.176. The third-order valence-corrected chi connectivity index (χ3v) is 4.86. The Morgan fingerprint density at radius 3 is 2.10 bits per heavy atom. The van der Waals surface area contributed by atoms with Crippen LogP contribution in [0.15, 0.2) is 84.6 Å². The van der Waals surface area contributed by atoms with E-state index in [0.717, 1.165) is 11.3 Å². The quantitative estimate of drug-likeness (QED) is 0.642. The van der Waals surface area contributed by atoms with Gasteiger partial charge >= 0.3 is 0 Å². The first-order valence-corrected chi connectivity index (χ1v) is 9.38. The molecule has 1 aliphatic heterocycles. The summed E-state index contributed by atoms with van der Waals surface area (Å²) in [7, 11) is 0. The van der Waals surface area contributed by atoms with Crippen LogP contribution in [0.1, 0.15) is 18.1 Å². The highest BCUT2D eigenvalue weighted by molar-refractivity contribution is 6.46. The van der Waals surface area contributed by atoms with Crippen LogP contribution < -0.4 is 10.2 Å². The number of aryl methyl sites for hydroxylation is 1. The molecular formula is C24H19FN2O2. The first-order valence-electron chi connectivity index (χ1n) is 9.38. The van der Waals surface area contributed by atoms with E-state index in [0.29, 0.717) is 16.9 Å². The first-order chi connectivity index (χ1) is 14.1. The van der Waals surface area contributed by atoms with Gasteiger partial charge in [-0.05, 0) is 53.9 Å². The number of rotatable bonds is 5. The number of carbonyl (C=O) groups is 2. The number of para-hydroxylation sites is 1. The van der Waals surface area contributed by atoms with Gasteiger partial charge in [0.25, 0.3) is 11.8 Å². The van der Waals surface area contributed by atoms with E-state index >= 15 is 0 Å². The van der Waals surface area contributed by atoms with Crippen LogP contribution in [0, 0.1) is 5.82 Å². The van der Waals surface area contributed by atoms with Crippen LogP contribution >= 0.6 is 0 Å². The molecule has 4 rings (SSSR count). The summed E-state index contributed by atoms with van der Waals surface area (Å²) in [5, 5.41) is 3.11. The van der Waals surface area contributed by atoms with E-state index in [4.69, 9.17) is 0 Å². The molecule has 0 radical (unpaired) electrons. The Bertz CT molecular complexity index is 1090. The summed E-state index contributed by atoms with van der Waals surface area (Å²) in [5.41, 5.74) is 3.24. The van der Waals surface area contributed by atoms with Crippen LogP contribution in [0.3, 0.4) is 0 Å². The molecule has 0 bridgehead atoms. The molecule has 3 aromatic rings. The van der Waals surface area contributed by atoms with Gasteiger partial charge in [-0.2, -0.15) is 0 Å². The van der Waals surface area contributed by atoms with Crippen LogP contribution in [-0.4, -0.2) is 11.8 Å². The average Bonchev–Trinajstić information content (AvgIpc) is 2.99. The molecule has 0 saturated carbocycles. The molecule has 3 aromatic carbocycles. The van der Waals surface area contributed by atoms with Crippen molar-refractivity contribution in [2.45, 2.75) is 13.3 Å². The van der Waals surface area contributed by atoms with E-state index in [1.807, 2.05) is 30.3 Å². The molecule has 0 spiro atoms. The predicted molar refractivity (Wildman–Crippen MR) is 112 cm³/mol. The van der Waals surface area contributed by atoms with Gasteiger partial charge in [-0.1, -0.05) is 49.4 Å². The normalized spacial score (nSPS) is 13.9. The van der Waals surface area contributed by atoms with Crippen molar-refractivity contribution in [2.75, 3.05) is 10.2 Å². The zero-order valence-corrected chi connectivity index (χ0v) is 15.9. The highest BCUT2D eigenvalue weighted by atomic mass is 19.1. The van der Waals surface area contributed by atoms with Gasteiger partial charge in [-0.25, -0.2) is 9.29 Å². The molecule has 0 aliphatic carbocycles. The summed E-state index contributed by atoms with van der Waals surface area (Å²) in [6.45, 7) is 2.06. The number of imide groups is 1. The van der Waals surface area contributed by atoms with Crippen molar-refractivity contribution < 1.29 is 14.0 Å². The topological polar surface area (TPSA) is 49.4 Å². The number of benzene rings is 3. The van der Waals surface area contributed by atoms with Crippen LogP contribution in [0.4, 0.5) is 15.8 Å². The molecule has 29 heavy (non-hydrogen) atoms. The Morgan fingerprint density at radius 2 is 1.48 bits per heavy atom. The second-order valence-corrected chi connectivity index (χ2v) is 6.71. The summed E-state index contributed by atoms with van der Waals surface area (Å²) >= 11 is 0. The SMILES string of the molecule is CCc1ccc(NC2=C(c3ccc(F)cc3)C(=O)N(c3ccccc3)C2=O)cc1. The monoisotopic (exact) mass is 386 g/mol. The summed E-state index contributed by atoms with van der Waals surface area (Å²) in [6.07, 6.45) is 0.906. The summed E-state index contributed by atoms with van der Waals surface area (Å²) in [5.74, 6) is -1.30. The molecule has 5 heteroatoms. The molecule has 1 N–H and O–H groups in total. The molecule has 0 unspecified atom stereocenters. The number of nitrogens with one attached hydrogen (secondary N) is 1. The standard InChI is InChI=1S/C24H19FN2O2/c1-2-16-8-14-19(15-9-16)26-22-21(17-10-12-18(25)13-11-17)23(28)27(24(22)29)20-6-4-3-5-7-20/h3-15,26H,2H2,1H3. The van der Waals surface area contributed by atoms with Gasteiger partial charge in [0.05, 0.1) is 11.3 Å². The molecule has 1 aliphatic rings. The molecule has 2 amide bonds. The van der Waals surface area contributed by atoms with Gasteiger partial charge in [0.2, 0.25) is 0 Å². The van der Waals surface area contributed by atoms with Crippen LogP contribution in [0.25, 0.3) is 5.57 Å². The summed E-state index contributed by atoms with van der Waals surface area (Å²) in [4.78, 5) is 27.6. The van der Waals surface area contributed by atoms with Gasteiger partial charge in [-0.3, -0.25) is 9.59 Å². The van der Waals surface area contributed by atoms with Crippen LogP contribution in [0.5, 0.6) is 0 Å². The van der Waals surface area contributed by atoms with Gasteiger partial charge in [0, 0.05) is 5.69 Å². The number of hydrogen-bond acceptors (Lipinski definition) is 3. The van der Waals surface area contributed by atoms with Crippen LogP contribution in [0.2, 0.25) is 0 Å². The molecule has 4 nitrogen and oxygen atoms in total. The zero-order chi connectivity index (χ0) is 20.4. The molecule has 0 saturated heterocycles. The molecular weight excluding hydrogens is 367 g/mol. The Labute approximate surface area is 168 Å². The summed E-state index contributed by atoms with van der Waals surface area (Å²) < 4.78 is 13.4. The van der Waals surface area contributed by atoms with E-state index < -0.39 is 17.6 Å². The lowest BCUT2D eigenvalue weighted by Gasteiger charge is -2.15. The van der Waals surface area contributed by atoms with E-state index in [2.05, 4.69) is 12.2 Å². The second kappa shape index (κ2) is 7.72. The molecule has 0 fully saturated rings. The maximum absolute atomic E-state index is 13.4. The van der Waals surface area contributed by atoms with Crippen molar-refractivity contribution in [1.82, 2.24) is 0 Å². The van der Waals surface area contributed by atoms with Gasteiger partial charge in [0.15, 0.2) is 0 Å². The summed E-state index contributed by atoms with van der Waals surface area (Å²) in [6, 6.07) is 22.0. The van der Waals surface area contributed by atoms with Crippen molar-refractivity contribution >= 4 is 28.8 Å². The number of carbonyl (C=O) groups excluding carboxylic acids is 2. The van der Waals surface area contributed by atoms with E-state index in [9.17, 15) is 14.0 Å². The second-order valence-electron chi connectivity index (χ2n) is 6.71. The Kier molecular flexibility index (Phi) is 4.96. The maximum atomic E-state index is 13.4. The Balaban J connectivity index is 1.79. The van der Waals surface area contributed by atoms with Crippen molar-refractivity contribution in [1.29, 1.82) is 0 Å². The van der Waals surface area contributed by atoms with Crippen LogP contribution in [-0.2, 0) is 16.0 Å². The van der Waals surface area contributed by atoms with Crippen molar-refractivity contribution in [2.24, 2.45) is 0 Å². The third kappa shape index (κ3) is 3.55. The first kappa shape index (κ1) is 18.6. The molecule has 0 atom stereocenters. The van der Waals surface area contributed by atoms with E-state index in [1.54, 1.807) is 24.3 Å². The van der Waals surface area contributed by atoms with E-state index in [1.165, 1.54) is 29.8 Å². The minimum atomic E-state index is -0.444. The highest BCUT2D eigenvalue weighted by Crippen LogP contribution is 2.33. The fourth-order valence-corrected chi connectivity index (χ4v) is 3.31. The van der Waals surface area contributed by atoms with Gasteiger partial charge in [0.1, 0.15) is 11.5 Å². The average molecular weight is 386 g/mol. The lowest BCUT2D eigenvalue weighted by molar-refractivity contribution is -0.120. The van der Waals surface area contributed by atoms with Crippen molar-refractivity contribution in [3.05, 3.63) is 102 Å². The number of hydrogen-bond donors (Lipinski definition) is 1. The van der Waals surface area contributed by atoms with Gasteiger partial charge < -0.3 is 5.32 Å². The van der Waals surface area contributed by atoms with E-state index in [-0.39, 0.29) is 11.3 Å². The molecule has 144 valence electrons. The fourth-order valence-electron chi connectivity index (χ4n) is 3.31. The highest BCUT2D eigenvalue weighted by Gasteiger charge is 2.40. The molecule has 1 heterocycles. The molecule has 0 aromatic heterocycles. The fraction of sp³-hybridized carbons (Fsp3) is 0.0833. The van der Waals surface area contributed by atoms with Crippen molar-refractivity contribution in [3.63, 3.8) is 0 Å². The number of amides is 2. The minimum Gasteiger partial charge on any atom is -0.350 e. The van der Waals surface area contributed by atoms with Gasteiger partial charge in [-0.15, -0.1) is 0 Å². The number of nitrogens with zero attached hydrogens (tertiary/aromatic N) is 1. The lowest BCUT2D eigenvalue weighted by Crippen LogP contribution is -2.32. The smallest absolute Gasteiger partial charge is 0.282 e. The largest absolute Gasteiger partial charge is 0.350 e. The Morgan fingerprint density at radius 1 is 0.828 bits per heavy atom. The van der Waals surface area contributed by atoms with Crippen molar-refractivity contribution in [3.8, 4) is 0 Å².